The van der Waals surface area contributed by atoms with E-state index in [2.05, 4.69) is 4.72 Å². The van der Waals surface area contributed by atoms with Gasteiger partial charge in [-0.3, -0.25) is 4.72 Å². The van der Waals surface area contributed by atoms with E-state index in [1.807, 2.05) is 0 Å². The fraction of sp³-hybridized carbons (Fsp3) is 0.176. The van der Waals surface area contributed by atoms with E-state index >= 15 is 0 Å². The molecule has 0 saturated carbocycles. The minimum absolute atomic E-state index is 0.0584. The van der Waals surface area contributed by atoms with Crippen molar-refractivity contribution in [1.82, 2.24) is 0 Å². The van der Waals surface area contributed by atoms with Crippen molar-refractivity contribution < 1.29 is 16.8 Å². The van der Waals surface area contributed by atoms with Gasteiger partial charge >= 0.3 is 0 Å². The van der Waals surface area contributed by atoms with Gasteiger partial charge in [0.25, 0.3) is 10.0 Å². The molecule has 0 fully saturated rings. The smallest absolute Gasteiger partial charge is 0.255 e. The highest BCUT2D eigenvalue weighted by atomic mass is 35.5. The number of primary sulfonamides is 1. The molecule has 1 aliphatic rings. The predicted molar refractivity (Wildman–Crippen MR) is 108 cm³/mol. The second-order valence-corrected chi connectivity index (χ2v) is 9.98. The molecule has 2 aromatic carbocycles. The van der Waals surface area contributed by atoms with Crippen LogP contribution in [0.5, 0.6) is 0 Å². The first-order valence-corrected chi connectivity index (χ1v) is 11.8. The van der Waals surface area contributed by atoms with Crippen molar-refractivity contribution in [2.75, 3.05) is 4.72 Å². The summed E-state index contributed by atoms with van der Waals surface area (Å²) >= 11 is 11.7. The molecule has 6 nitrogen and oxygen atoms in total. The number of nitrogens with two attached hydrogens (primary N) is 1. The van der Waals surface area contributed by atoms with Crippen LogP contribution in [0.1, 0.15) is 23.1 Å². The average Bonchev–Trinajstić information content (AvgIpc) is 3.02. The van der Waals surface area contributed by atoms with Gasteiger partial charge in [-0.2, -0.15) is 0 Å². The summed E-state index contributed by atoms with van der Waals surface area (Å²) in [4.78, 5) is -0.163. The predicted octanol–water partition coefficient (Wildman–Crippen LogP) is 3.54. The average molecular weight is 447 g/mol. The quantitative estimate of drug-likeness (QED) is 0.731. The van der Waals surface area contributed by atoms with Gasteiger partial charge in [0, 0.05) is 0 Å². The summed E-state index contributed by atoms with van der Waals surface area (Å²) in [7, 11) is -8.07. The summed E-state index contributed by atoms with van der Waals surface area (Å²) in [6.45, 7) is 0. The van der Waals surface area contributed by atoms with Crippen molar-refractivity contribution in [1.29, 1.82) is 0 Å². The minimum atomic E-state index is -4.09. The number of nitrogens with one attached hydrogen (secondary N) is 1. The monoisotopic (exact) mass is 446 g/mol. The zero-order valence-corrected chi connectivity index (χ0v) is 17.1. The molecule has 0 radical (unpaired) electrons. The van der Waals surface area contributed by atoms with E-state index in [0.29, 0.717) is 27.6 Å². The van der Waals surface area contributed by atoms with Crippen LogP contribution in [0.15, 0.2) is 40.6 Å². The van der Waals surface area contributed by atoms with Crippen LogP contribution in [0, 0.1) is 0 Å². The van der Waals surface area contributed by atoms with Crippen LogP contribution < -0.4 is 9.86 Å². The van der Waals surface area contributed by atoms with Gasteiger partial charge in [-0.25, -0.2) is 22.0 Å². The molecular weight excluding hydrogens is 431 g/mol. The van der Waals surface area contributed by atoms with Crippen molar-refractivity contribution in [3.05, 3.63) is 62.5 Å². The molecule has 0 heterocycles. The van der Waals surface area contributed by atoms with Gasteiger partial charge < -0.3 is 0 Å². The lowest BCUT2D eigenvalue weighted by Crippen LogP contribution is -2.19. The van der Waals surface area contributed by atoms with E-state index in [9.17, 15) is 16.8 Å². The maximum absolute atomic E-state index is 12.4. The molecular formula is C17H16Cl2N2O4S2. The SMILES string of the molecule is NS(=O)(=O)c1c(NS(=O)(=O)C=Cc2ccc(Cl)c(Cl)c2)ccc2c1CCC2. The van der Waals surface area contributed by atoms with Gasteiger partial charge in [-0.15, -0.1) is 0 Å². The highest BCUT2D eigenvalue weighted by Gasteiger charge is 2.26. The summed E-state index contributed by atoms with van der Waals surface area (Å²) < 4.78 is 51.2. The summed E-state index contributed by atoms with van der Waals surface area (Å²) in [5.74, 6) is 0. The Morgan fingerprint density at radius 2 is 1.74 bits per heavy atom. The molecule has 0 saturated heterocycles. The number of anilines is 1. The molecule has 1 aliphatic carbocycles. The molecule has 0 aromatic heterocycles. The number of hydrogen-bond donors (Lipinski definition) is 2. The van der Waals surface area contributed by atoms with Crippen LogP contribution >= 0.6 is 23.2 Å². The number of hydrogen-bond acceptors (Lipinski definition) is 4. The molecule has 0 atom stereocenters. The molecule has 0 aliphatic heterocycles. The Hall–Kier alpha value is -1.58. The Morgan fingerprint density at radius 1 is 1.00 bits per heavy atom. The lowest BCUT2D eigenvalue weighted by molar-refractivity contribution is 0.597. The van der Waals surface area contributed by atoms with Gasteiger partial charge in [0.1, 0.15) is 4.90 Å². The van der Waals surface area contributed by atoms with Crippen LogP contribution in [0.2, 0.25) is 10.0 Å². The van der Waals surface area contributed by atoms with Crippen molar-refractivity contribution >= 4 is 55.0 Å². The van der Waals surface area contributed by atoms with E-state index in [1.165, 1.54) is 18.2 Å². The minimum Gasteiger partial charge on any atom is -0.279 e. The summed E-state index contributed by atoms with van der Waals surface area (Å²) in [5, 5.41) is 6.90. The second-order valence-electron chi connectivity index (χ2n) is 6.10. The summed E-state index contributed by atoms with van der Waals surface area (Å²) in [6.07, 6.45) is 3.40. The third-order valence-electron chi connectivity index (χ3n) is 4.15. The van der Waals surface area contributed by atoms with Crippen LogP contribution in [0.4, 0.5) is 5.69 Å². The Kier molecular flexibility index (Phi) is 5.56. The molecule has 0 unspecified atom stereocenters. The van der Waals surface area contributed by atoms with E-state index in [4.69, 9.17) is 28.3 Å². The van der Waals surface area contributed by atoms with Gasteiger partial charge in [0.15, 0.2) is 0 Å². The first-order chi connectivity index (χ1) is 12.6. The number of benzene rings is 2. The highest BCUT2D eigenvalue weighted by molar-refractivity contribution is 7.95. The maximum atomic E-state index is 12.4. The molecule has 0 spiro atoms. The Balaban J connectivity index is 1.94. The zero-order chi connectivity index (χ0) is 19.8. The van der Waals surface area contributed by atoms with Crippen LogP contribution in [0.25, 0.3) is 6.08 Å². The molecule has 0 bridgehead atoms. The van der Waals surface area contributed by atoms with E-state index in [-0.39, 0.29) is 10.6 Å². The van der Waals surface area contributed by atoms with Crippen molar-refractivity contribution in [2.45, 2.75) is 24.2 Å². The topological polar surface area (TPSA) is 106 Å². The Bertz CT molecular complexity index is 1140. The van der Waals surface area contributed by atoms with Crippen LogP contribution in [-0.4, -0.2) is 16.8 Å². The largest absolute Gasteiger partial charge is 0.279 e. The number of halogens is 2. The molecule has 2 aromatic rings. The molecule has 3 N–H and O–H groups in total. The number of rotatable bonds is 5. The maximum Gasteiger partial charge on any atom is 0.255 e. The normalized spacial score (nSPS) is 14.5. The second kappa shape index (κ2) is 7.44. The molecule has 10 heteroatoms. The van der Waals surface area contributed by atoms with Gasteiger partial charge in [-0.1, -0.05) is 35.3 Å². The van der Waals surface area contributed by atoms with Gasteiger partial charge in [0.2, 0.25) is 10.0 Å². The van der Waals surface area contributed by atoms with Crippen LogP contribution in [0.3, 0.4) is 0 Å². The first kappa shape index (κ1) is 20.2. The standard InChI is InChI=1S/C17H16Cl2N2O4S2/c18-14-6-4-11(10-15(14)19)8-9-26(22,23)21-16-7-5-12-2-1-3-13(12)17(16)27(20,24)25/h4-10,21H,1-3H2,(H2,20,24,25). The third kappa shape index (κ3) is 4.64. The highest BCUT2D eigenvalue weighted by Crippen LogP contribution is 2.34. The Morgan fingerprint density at radius 3 is 2.41 bits per heavy atom. The third-order valence-corrected chi connectivity index (χ3v) is 6.92. The van der Waals surface area contributed by atoms with Gasteiger partial charge in [0.05, 0.1) is 21.1 Å². The fourth-order valence-electron chi connectivity index (χ4n) is 3.01. The number of fused-ring (bicyclic) bond motifs is 1. The Labute approximate surface area is 168 Å². The van der Waals surface area contributed by atoms with Gasteiger partial charge in [-0.05, 0) is 60.2 Å². The molecule has 0 amide bonds. The molecule has 144 valence electrons. The lowest BCUT2D eigenvalue weighted by atomic mass is 10.1. The molecule has 3 rings (SSSR count). The van der Waals surface area contributed by atoms with E-state index in [1.54, 1.807) is 18.2 Å². The zero-order valence-electron chi connectivity index (χ0n) is 13.9. The summed E-state index contributed by atoms with van der Waals surface area (Å²) in [5.41, 5.74) is 1.91. The number of sulfonamides is 2. The van der Waals surface area contributed by atoms with E-state index < -0.39 is 20.0 Å². The fourth-order valence-corrected chi connectivity index (χ4v) is 5.26. The first-order valence-electron chi connectivity index (χ1n) is 7.90. The lowest BCUT2D eigenvalue weighted by Gasteiger charge is -2.13. The summed E-state index contributed by atoms with van der Waals surface area (Å²) in [6, 6.07) is 7.81. The molecule has 27 heavy (non-hydrogen) atoms. The number of aryl methyl sites for hydroxylation is 1. The van der Waals surface area contributed by atoms with Crippen molar-refractivity contribution in [3.63, 3.8) is 0 Å². The van der Waals surface area contributed by atoms with E-state index in [0.717, 1.165) is 23.8 Å². The van der Waals surface area contributed by atoms with Crippen LogP contribution in [-0.2, 0) is 32.9 Å². The van der Waals surface area contributed by atoms with Crippen molar-refractivity contribution in [2.24, 2.45) is 5.14 Å². The van der Waals surface area contributed by atoms with Crippen molar-refractivity contribution in [3.8, 4) is 0 Å².